The van der Waals surface area contributed by atoms with Crippen LogP contribution in [0.1, 0.15) is 25.8 Å². The SMILES string of the molecule is CCN(CC)C(=O)CCNc1cc(C#N)ccn1. The molecular formula is C13H18N4O. The van der Waals surface area contributed by atoms with Crippen molar-refractivity contribution in [2.45, 2.75) is 20.3 Å². The minimum Gasteiger partial charge on any atom is -0.370 e. The van der Waals surface area contributed by atoms with Crippen LogP contribution in [0.25, 0.3) is 0 Å². The summed E-state index contributed by atoms with van der Waals surface area (Å²) < 4.78 is 0. The third-order valence-corrected chi connectivity index (χ3v) is 2.65. The first-order valence-electron chi connectivity index (χ1n) is 6.09. The summed E-state index contributed by atoms with van der Waals surface area (Å²) in [5.41, 5.74) is 0.558. The van der Waals surface area contributed by atoms with Gasteiger partial charge in [-0.05, 0) is 26.0 Å². The first-order valence-corrected chi connectivity index (χ1v) is 6.09. The Hall–Kier alpha value is -2.09. The van der Waals surface area contributed by atoms with Crippen molar-refractivity contribution in [3.8, 4) is 6.07 Å². The monoisotopic (exact) mass is 246 g/mol. The summed E-state index contributed by atoms with van der Waals surface area (Å²) in [5, 5.41) is 11.8. The van der Waals surface area contributed by atoms with E-state index in [-0.39, 0.29) is 5.91 Å². The average molecular weight is 246 g/mol. The molecule has 0 bridgehead atoms. The summed E-state index contributed by atoms with van der Waals surface area (Å²) in [4.78, 5) is 17.6. The second-order valence-corrected chi connectivity index (χ2v) is 3.78. The first-order chi connectivity index (χ1) is 8.71. The molecule has 1 heterocycles. The van der Waals surface area contributed by atoms with E-state index in [0.717, 1.165) is 13.1 Å². The molecule has 0 aromatic carbocycles. The number of nitrogens with zero attached hydrogens (tertiary/aromatic N) is 3. The van der Waals surface area contributed by atoms with Gasteiger partial charge in [-0.2, -0.15) is 5.26 Å². The van der Waals surface area contributed by atoms with E-state index in [9.17, 15) is 4.79 Å². The highest BCUT2D eigenvalue weighted by molar-refractivity contribution is 5.76. The Kier molecular flexibility index (Phi) is 5.65. The maximum atomic E-state index is 11.7. The smallest absolute Gasteiger partial charge is 0.224 e. The van der Waals surface area contributed by atoms with Crippen molar-refractivity contribution < 1.29 is 4.79 Å². The molecule has 96 valence electrons. The van der Waals surface area contributed by atoms with Crippen LogP contribution >= 0.6 is 0 Å². The lowest BCUT2D eigenvalue weighted by molar-refractivity contribution is -0.130. The molecule has 0 aliphatic heterocycles. The maximum Gasteiger partial charge on any atom is 0.224 e. The highest BCUT2D eigenvalue weighted by Crippen LogP contribution is 2.05. The van der Waals surface area contributed by atoms with Gasteiger partial charge < -0.3 is 10.2 Å². The molecule has 18 heavy (non-hydrogen) atoms. The van der Waals surface area contributed by atoms with Crippen LogP contribution < -0.4 is 5.32 Å². The standard InChI is InChI=1S/C13H18N4O/c1-3-17(4-2)13(18)6-8-16-12-9-11(10-14)5-7-15-12/h5,7,9H,3-4,6,8H2,1-2H3,(H,15,16). The van der Waals surface area contributed by atoms with Crippen LogP contribution in [-0.2, 0) is 4.79 Å². The minimum atomic E-state index is 0.129. The lowest BCUT2D eigenvalue weighted by Gasteiger charge is -2.18. The molecule has 1 aromatic heterocycles. The number of nitrogens with one attached hydrogen (secondary N) is 1. The predicted molar refractivity (Wildman–Crippen MR) is 70.0 cm³/mol. The van der Waals surface area contributed by atoms with E-state index < -0.39 is 0 Å². The molecular weight excluding hydrogens is 228 g/mol. The molecule has 5 nitrogen and oxygen atoms in total. The summed E-state index contributed by atoms with van der Waals surface area (Å²) >= 11 is 0. The van der Waals surface area contributed by atoms with Crippen molar-refractivity contribution in [2.75, 3.05) is 25.0 Å². The fourth-order valence-corrected chi connectivity index (χ4v) is 1.63. The molecule has 0 radical (unpaired) electrons. The van der Waals surface area contributed by atoms with Gasteiger partial charge in [0.25, 0.3) is 0 Å². The van der Waals surface area contributed by atoms with Crippen LogP contribution in [-0.4, -0.2) is 35.4 Å². The highest BCUT2D eigenvalue weighted by atomic mass is 16.2. The third kappa shape index (κ3) is 4.06. The summed E-state index contributed by atoms with van der Waals surface area (Å²) in [6.07, 6.45) is 2.01. The molecule has 1 N–H and O–H groups in total. The molecule has 1 amide bonds. The average Bonchev–Trinajstić information content (AvgIpc) is 2.40. The van der Waals surface area contributed by atoms with Gasteiger partial charge >= 0.3 is 0 Å². The Labute approximate surface area is 107 Å². The topological polar surface area (TPSA) is 69.0 Å². The Morgan fingerprint density at radius 2 is 2.22 bits per heavy atom. The normalized spacial score (nSPS) is 9.61. The summed E-state index contributed by atoms with van der Waals surface area (Å²) in [5.74, 6) is 0.755. The number of aromatic nitrogens is 1. The summed E-state index contributed by atoms with van der Waals surface area (Å²) in [7, 11) is 0. The number of pyridine rings is 1. The number of carbonyl (C=O) groups excluding carboxylic acids is 1. The van der Waals surface area contributed by atoms with Gasteiger partial charge in [-0.1, -0.05) is 0 Å². The molecule has 0 fully saturated rings. The van der Waals surface area contributed by atoms with Crippen molar-refractivity contribution in [3.63, 3.8) is 0 Å². The minimum absolute atomic E-state index is 0.129. The maximum absolute atomic E-state index is 11.7. The van der Waals surface area contributed by atoms with E-state index in [1.165, 1.54) is 0 Å². The van der Waals surface area contributed by atoms with E-state index in [2.05, 4.69) is 10.3 Å². The molecule has 0 saturated carbocycles. The van der Waals surface area contributed by atoms with Crippen LogP contribution in [0, 0.1) is 11.3 Å². The fraction of sp³-hybridized carbons (Fsp3) is 0.462. The van der Waals surface area contributed by atoms with E-state index >= 15 is 0 Å². The molecule has 0 unspecified atom stereocenters. The van der Waals surface area contributed by atoms with Gasteiger partial charge in [-0.15, -0.1) is 0 Å². The summed E-state index contributed by atoms with van der Waals surface area (Å²) in [6.45, 7) is 5.92. The van der Waals surface area contributed by atoms with E-state index in [1.54, 1.807) is 23.2 Å². The largest absolute Gasteiger partial charge is 0.370 e. The molecule has 1 rings (SSSR count). The number of hydrogen-bond acceptors (Lipinski definition) is 4. The Balaban J connectivity index is 2.42. The zero-order valence-corrected chi connectivity index (χ0v) is 10.8. The lowest BCUT2D eigenvalue weighted by atomic mass is 10.3. The van der Waals surface area contributed by atoms with Crippen LogP contribution in [0.5, 0.6) is 0 Å². The number of amides is 1. The summed E-state index contributed by atoms with van der Waals surface area (Å²) in [6, 6.07) is 5.36. The van der Waals surface area contributed by atoms with Gasteiger partial charge in [0.2, 0.25) is 5.91 Å². The number of nitriles is 1. The molecule has 0 aliphatic rings. The Morgan fingerprint density at radius 3 is 2.83 bits per heavy atom. The van der Waals surface area contributed by atoms with Crippen LogP contribution in [0.3, 0.4) is 0 Å². The molecule has 0 aliphatic carbocycles. The van der Waals surface area contributed by atoms with Gasteiger partial charge in [0.1, 0.15) is 5.82 Å². The zero-order chi connectivity index (χ0) is 13.4. The van der Waals surface area contributed by atoms with Gasteiger partial charge in [0.15, 0.2) is 0 Å². The number of rotatable bonds is 6. The van der Waals surface area contributed by atoms with Crippen LogP contribution in [0.2, 0.25) is 0 Å². The molecule has 1 aromatic rings. The van der Waals surface area contributed by atoms with Crippen molar-refractivity contribution in [1.82, 2.24) is 9.88 Å². The number of carbonyl (C=O) groups is 1. The quantitative estimate of drug-likeness (QED) is 0.828. The van der Waals surface area contributed by atoms with Crippen molar-refractivity contribution in [2.24, 2.45) is 0 Å². The van der Waals surface area contributed by atoms with E-state index in [1.807, 2.05) is 19.9 Å². The number of hydrogen-bond donors (Lipinski definition) is 1. The molecule has 5 heteroatoms. The second kappa shape index (κ2) is 7.28. The van der Waals surface area contributed by atoms with E-state index in [0.29, 0.717) is 24.3 Å². The van der Waals surface area contributed by atoms with Gasteiger partial charge in [-0.3, -0.25) is 4.79 Å². The van der Waals surface area contributed by atoms with Crippen molar-refractivity contribution >= 4 is 11.7 Å². The van der Waals surface area contributed by atoms with Gasteiger partial charge in [0.05, 0.1) is 11.6 Å². The number of anilines is 1. The Bertz CT molecular complexity index is 435. The van der Waals surface area contributed by atoms with Gasteiger partial charge in [-0.25, -0.2) is 4.98 Å². The van der Waals surface area contributed by atoms with Gasteiger partial charge in [0, 0.05) is 32.3 Å². The van der Waals surface area contributed by atoms with Crippen molar-refractivity contribution in [3.05, 3.63) is 23.9 Å². The lowest BCUT2D eigenvalue weighted by Crippen LogP contribution is -2.31. The fourth-order valence-electron chi connectivity index (χ4n) is 1.63. The molecule has 0 spiro atoms. The second-order valence-electron chi connectivity index (χ2n) is 3.78. The van der Waals surface area contributed by atoms with E-state index in [4.69, 9.17) is 5.26 Å². The van der Waals surface area contributed by atoms with Crippen molar-refractivity contribution in [1.29, 1.82) is 5.26 Å². The highest BCUT2D eigenvalue weighted by Gasteiger charge is 2.08. The van der Waals surface area contributed by atoms with Crippen LogP contribution in [0.4, 0.5) is 5.82 Å². The Morgan fingerprint density at radius 1 is 1.50 bits per heavy atom. The van der Waals surface area contributed by atoms with Crippen LogP contribution in [0.15, 0.2) is 18.3 Å². The zero-order valence-electron chi connectivity index (χ0n) is 10.8. The third-order valence-electron chi connectivity index (χ3n) is 2.65. The predicted octanol–water partition coefficient (Wildman–Crippen LogP) is 1.62. The first kappa shape index (κ1) is 14.0. The molecule has 0 saturated heterocycles. The molecule has 0 atom stereocenters.